The van der Waals surface area contributed by atoms with Crippen LogP contribution in [0.25, 0.3) is 22.3 Å². The Bertz CT molecular complexity index is 870. The lowest BCUT2D eigenvalue weighted by atomic mass is 10.0. The summed E-state index contributed by atoms with van der Waals surface area (Å²) in [7, 11) is 0. The number of rotatable bonds is 4. The van der Waals surface area contributed by atoms with Crippen molar-refractivity contribution in [2.24, 2.45) is 0 Å². The second-order valence-corrected chi connectivity index (χ2v) is 7.09. The summed E-state index contributed by atoms with van der Waals surface area (Å²) in [6, 6.07) is 7.40. The highest BCUT2D eigenvalue weighted by Gasteiger charge is 2.28. The second-order valence-electron chi connectivity index (χ2n) is 7.09. The van der Waals surface area contributed by atoms with Gasteiger partial charge >= 0.3 is 0 Å². The highest BCUT2D eigenvalue weighted by atomic mass is 15.2. The first-order chi connectivity index (χ1) is 12.4. The van der Waals surface area contributed by atoms with Gasteiger partial charge in [0.05, 0.1) is 16.8 Å². The molecule has 1 atom stereocenters. The predicted octanol–water partition coefficient (Wildman–Crippen LogP) is 2.74. The molecule has 0 radical (unpaired) electrons. The van der Waals surface area contributed by atoms with Crippen molar-refractivity contribution in [2.45, 2.75) is 37.8 Å². The molecule has 0 amide bonds. The molecule has 6 nitrogen and oxygen atoms in total. The van der Waals surface area contributed by atoms with E-state index in [0.717, 1.165) is 41.4 Å². The van der Waals surface area contributed by atoms with Crippen molar-refractivity contribution in [1.29, 1.82) is 0 Å². The molecule has 2 aliphatic rings. The first-order valence-corrected chi connectivity index (χ1v) is 9.13. The van der Waals surface area contributed by atoms with E-state index in [1.165, 1.54) is 31.4 Å². The first-order valence-electron chi connectivity index (χ1n) is 9.13. The van der Waals surface area contributed by atoms with Crippen molar-refractivity contribution in [3.8, 4) is 11.3 Å². The summed E-state index contributed by atoms with van der Waals surface area (Å²) in [6.07, 6.45) is 10.8. The average Bonchev–Trinajstić information content (AvgIpc) is 3.37. The van der Waals surface area contributed by atoms with Crippen molar-refractivity contribution in [3.05, 3.63) is 36.8 Å². The van der Waals surface area contributed by atoms with Gasteiger partial charge in [-0.2, -0.15) is 10.2 Å². The molecule has 5 rings (SSSR count). The second kappa shape index (κ2) is 6.11. The summed E-state index contributed by atoms with van der Waals surface area (Å²) in [5.41, 5.74) is 4.11. The Labute approximate surface area is 146 Å². The third-order valence-corrected chi connectivity index (χ3v) is 5.21. The van der Waals surface area contributed by atoms with Gasteiger partial charge in [-0.1, -0.05) is 0 Å². The molecule has 1 aliphatic carbocycles. The van der Waals surface area contributed by atoms with Gasteiger partial charge in [0, 0.05) is 49.3 Å². The van der Waals surface area contributed by atoms with Crippen LogP contribution >= 0.6 is 0 Å². The van der Waals surface area contributed by atoms with Gasteiger partial charge in [-0.25, -0.2) is 4.98 Å². The fourth-order valence-electron chi connectivity index (χ4n) is 3.87. The Balaban J connectivity index is 1.53. The molecule has 0 bridgehead atoms. The number of H-pyrrole nitrogens is 1. The molecule has 3 aromatic heterocycles. The standard InChI is InChI=1S/C19H22N6/c1-4-16(24-22-8-1)15-11-21-19-18(15)17(7-9-20-19)25-10-2-3-14(12-25)23-13-5-6-13/h1,4,7-9,11,13-14,23H,2-3,5-6,10,12H2,(H,20,21)/t14-/m0/s1. The van der Waals surface area contributed by atoms with E-state index >= 15 is 0 Å². The monoisotopic (exact) mass is 334 g/mol. The molecule has 0 aromatic carbocycles. The van der Waals surface area contributed by atoms with Crippen molar-refractivity contribution < 1.29 is 0 Å². The summed E-state index contributed by atoms with van der Waals surface area (Å²) >= 11 is 0. The van der Waals surface area contributed by atoms with Crippen LogP contribution < -0.4 is 10.2 Å². The number of nitrogens with one attached hydrogen (secondary N) is 2. The number of nitrogens with zero attached hydrogens (tertiary/aromatic N) is 4. The number of anilines is 1. The molecular weight excluding hydrogens is 312 g/mol. The lowest BCUT2D eigenvalue weighted by molar-refractivity contribution is 0.421. The van der Waals surface area contributed by atoms with E-state index in [-0.39, 0.29) is 0 Å². The molecule has 1 saturated heterocycles. The van der Waals surface area contributed by atoms with Crippen LogP contribution in [-0.2, 0) is 0 Å². The lowest BCUT2D eigenvalue weighted by Gasteiger charge is -2.35. The SMILES string of the molecule is c1cnnc(-c2c[nH]c3nccc(N4CCC[C@H](NC5CC5)C4)c23)c1. The van der Waals surface area contributed by atoms with E-state index in [1.807, 2.05) is 24.5 Å². The minimum absolute atomic E-state index is 0.586. The maximum absolute atomic E-state index is 4.51. The number of aromatic amines is 1. The van der Waals surface area contributed by atoms with Crippen LogP contribution in [0.15, 0.2) is 36.8 Å². The van der Waals surface area contributed by atoms with E-state index in [9.17, 15) is 0 Å². The Kier molecular flexibility index (Phi) is 3.63. The topological polar surface area (TPSA) is 69.7 Å². The van der Waals surface area contributed by atoms with Crippen molar-refractivity contribution in [2.75, 3.05) is 18.0 Å². The fourth-order valence-corrected chi connectivity index (χ4v) is 3.87. The number of hydrogen-bond donors (Lipinski definition) is 2. The largest absolute Gasteiger partial charge is 0.369 e. The zero-order valence-electron chi connectivity index (χ0n) is 14.2. The van der Waals surface area contributed by atoms with Gasteiger partial charge in [-0.3, -0.25) is 0 Å². The summed E-state index contributed by atoms with van der Waals surface area (Å²) < 4.78 is 0. The third-order valence-electron chi connectivity index (χ3n) is 5.21. The van der Waals surface area contributed by atoms with E-state index in [4.69, 9.17) is 0 Å². The normalized spacial score (nSPS) is 21.0. The minimum atomic E-state index is 0.586. The Hall–Kier alpha value is -2.47. The molecule has 25 heavy (non-hydrogen) atoms. The molecular formula is C19H22N6. The van der Waals surface area contributed by atoms with Gasteiger partial charge in [0.2, 0.25) is 0 Å². The molecule has 2 fully saturated rings. The molecule has 1 saturated carbocycles. The minimum Gasteiger partial charge on any atom is -0.369 e. The number of pyridine rings is 1. The van der Waals surface area contributed by atoms with Gasteiger partial charge in [0.25, 0.3) is 0 Å². The Morgan fingerprint density at radius 3 is 2.92 bits per heavy atom. The Morgan fingerprint density at radius 2 is 2.08 bits per heavy atom. The molecule has 6 heteroatoms. The smallest absolute Gasteiger partial charge is 0.140 e. The van der Waals surface area contributed by atoms with E-state index in [1.54, 1.807) is 6.20 Å². The molecule has 3 aromatic rings. The number of piperidine rings is 1. The summed E-state index contributed by atoms with van der Waals surface area (Å²) in [5.74, 6) is 0. The maximum atomic E-state index is 4.51. The fraction of sp³-hybridized carbons (Fsp3) is 0.421. The highest BCUT2D eigenvalue weighted by molar-refractivity contribution is 6.01. The molecule has 4 heterocycles. The zero-order valence-corrected chi connectivity index (χ0v) is 14.2. The van der Waals surface area contributed by atoms with E-state index in [0.29, 0.717) is 6.04 Å². The predicted molar refractivity (Wildman–Crippen MR) is 98.5 cm³/mol. The zero-order chi connectivity index (χ0) is 16.6. The van der Waals surface area contributed by atoms with Crippen LogP contribution in [0.3, 0.4) is 0 Å². The van der Waals surface area contributed by atoms with Gasteiger partial charge < -0.3 is 15.2 Å². The van der Waals surface area contributed by atoms with Gasteiger partial charge in [0.1, 0.15) is 5.65 Å². The van der Waals surface area contributed by atoms with E-state index in [2.05, 4.69) is 36.4 Å². The number of hydrogen-bond acceptors (Lipinski definition) is 5. The highest BCUT2D eigenvalue weighted by Crippen LogP contribution is 2.35. The molecule has 0 unspecified atom stereocenters. The van der Waals surface area contributed by atoms with Crippen LogP contribution in [0.4, 0.5) is 5.69 Å². The quantitative estimate of drug-likeness (QED) is 0.768. The summed E-state index contributed by atoms with van der Waals surface area (Å²) in [6.45, 7) is 2.15. The number of aromatic nitrogens is 4. The van der Waals surface area contributed by atoms with Crippen molar-refractivity contribution in [3.63, 3.8) is 0 Å². The first kappa shape index (κ1) is 14.8. The van der Waals surface area contributed by atoms with Crippen LogP contribution in [-0.4, -0.2) is 45.3 Å². The van der Waals surface area contributed by atoms with Crippen LogP contribution in [0.2, 0.25) is 0 Å². The average molecular weight is 334 g/mol. The number of fused-ring (bicyclic) bond motifs is 1. The summed E-state index contributed by atoms with van der Waals surface area (Å²) in [4.78, 5) is 10.3. The van der Waals surface area contributed by atoms with Crippen LogP contribution in [0.1, 0.15) is 25.7 Å². The van der Waals surface area contributed by atoms with Gasteiger partial charge in [0.15, 0.2) is 0 Å². The van der Waals surface area contributed by atoms with Gasteiger partial charge in [-0.15, -0.1) is 0 Å². The maximum Gasteiger partial charge on any atom is 0.140 e. The Morgan fingerprint density at radius 1 is 1.12 bits per heavy atom. The molecule has 0 spiro atoms. The van der Waals surface area contributed by atoms with Crippen LogP contribution in [0, 0.1) is 0 Å². The molecule has 128 valence electrons. The van der Waals surface area contributed by atoms with Crippen molar-refractivity contribution >= 4 is 16.7 Å². The lowest BCUT2D eigenvalue weighted by Crippen LogP contribution is -2.46. The van der Waals surface area contributed by atoms with E-state index < -0.39 is 0 Å². The van der Waals surface area contributed by atoms with Crippen molar-refractivity contribution in [1.82, 2.24) is 25.5 Å². The third kappa shape index (κ3) is 2.87. The van der Waals surface area contributed by atoms with Crippen LogP contribution in [0.5, 0.6) is 0 Å². The molecule has 2 N–H and O–H groups in total. The van der Waals surface area contributed by atoms with Gasteiger partial charge in [-0.05, 0) is 43.9 Å². The summed E-state index contributed by atoms with van der Waals surface area (Å²) in [5, 5.41) is 13.3. The molecule has 1 aliphatic heterocycles.